The van der Waals surface area contributed by atoms with E-state index < -0.39 is 29.2 Å². The molecule has 3 N–H and O–H groups in total. The van der Waals surface area contributed by atoms with E-state index in [-0.39, 0.29) is 57.5 Å². The van der Waals surface area contributed by atoms with Gasteiger partial charge < -0.3 is 25.8 Å². The fourth-order valence-electron chi connectivity index (χ4n) is 3.75. The number of carboxylic acid groups (broad SMARTS) is 1. The Morgan fingerprint density at radius 2 is 2.19 bits per heavy atom. The molecule has 5 rings (SSSR count). The van der Waals surface area contributed by atoms with Gasteiger partial charge in [-0.05, 0) is 17.7 Å². The third kappa shape index (κ3) is 5.21. The summed E-state index contributed by atoms with van der Waals surface area (Å²) in [5.74, 6) is -2.12. The number of thioether (sulfide) groups is 2. The molecule has 0 saturated carbocycles. The van der Waals surface area contributed by atoms with Gasteiger partial charge in [-0.1, -0.05) is 23.0 Å². The van der Waals surface area contributed by atoms with Crippen LogP contribution in [0, 0.1) is 0 Å². The molecule has 186 valence electrons. The molecule has 0 aliphatic carbocycles. The molecule has 0 radical (unpaired) electrons. The molecule has 1 fully saturated rings. The van der Waals surface area contributed by atoms with Crippen LogP contribution >= 0.6 is 34.9 Å². The first-order chi connectivity index (χ1) is 17.4. The zero-order valence-corrected chi connectivity index (χ0v) is 23.9. The number of hydrogen-bond donors (Lipinski definition) is 2. The number of anilines is 1. The van der Waals surface area contributed by atoms with Crippen LogP contribution in [0.3, 0.4) is 0 Å². The van der Waals surface area contributed by atoms with Gasteiger partial charge in [-0.15, -0.1) is 33.3 Å². The molecule has 1 saturated heterocycles. The summed E-state index contributed by atoms with van der Waals surface area (Å²) in [7, 11) is 1.27. The van der Waals surface area contributed by atoms with E-state index in [1.165, 1.54) is 36.0 Å². The third-order valence-electron chi connectivity index (χ3n) is 5.35. The third-order valence-corrected chi connectivity index (χ3v) is 8.39. The Kier molecular flexibility index (Phi) is 8.45. The Bertz CT molecular complexity index is 1440. The SMILES string of the molecule is CO/N=C(\C(=O)N[C@@H]1C(=O)N2C(C(=O)[O-])=C(CSc3nnc4ccccn34)CS[C@@H]12)c1csc(N)n1.[Na+]. The van der Waals surface area contributed by atoms with Crippen molar-refractivity contribution in [3.63, 3.8) is 0 Å². The Balaban J connectivity index is 0.00000320. The first-order valence-electron chi connectivity index (χ1n) is 10.3. The average Bonchev–Trinajstić information content (AvgIpc) is 3.49. The number of carboxylic acids is 1. The molecule has 2 amide bonds. The summed E-state index contributed by atoms with van der Waals surface area (Å²) >= 11 is 3.77. The number of carbonyl (C=O) groups is 3. The van der Waals surface area contributed by atoms with E-state index in [4.69, 9.17) is 10.6 Å². The van der Waals surface area contributed by atoms with Crippen molar-refractivity contribution in [1.82, 2.24) is 29.8 Å². The number of carbonyl (C=O) groups excluding carboxylic acids is 3. The summed E-state index contributed by atoms with van der Waals surface area (Å²) in [4.78, 5) is 47.8. The second-order valence-corrected chi connectivity index (χ2v) is 10.4. The fraction of sp³-hybridized carbons (Fsp3) is 0.250. The monoisotopic (exact) mass is 568 g/mol. The van der Waals surface area contributed by atoms with Crippen molar-refractivity contribution in [1.29, 1.82) is 0 Å². The number of pyridine rings is 1. The molecular weight excluding hydrogens is 551 g/mol. The van der Waals surface area contributed by atoms with Crippen molar-refractivity contribution in [2.24, 2.45) is 5.16 Å². The standard InChI is InChI=1S/C20H18N8O5S3.Na/c1-33-26-12(10-8-35-19(21)22-10)15(29)23-13-16(30)28-14(18(31)32)9(6-34-17(13)28)7-36-20-25-24-11-4-2-3-5-27(11)20;/h2-5,8,13,17H,6-7H2,1H3,(H2,21,22)(H,23,29)(H,31,32);/q;+1/p-1/b26-12-;/t13-,17+;/m1./s1. The number of hydrogen-bond acceptors (Lipinski definition) is 13. The number of fused-ring (bicyclic) bond motifs is 2. The molecule has 13 nitrogen and oxygen atoms in total. The van der Waals surface area contributed by atoms with Crippen molar-refractivity contribution in [3.8, 4) is 0 Å². The molecule has 3 aromatic heterocycles. The van der Waals surface area contributed by atoms with Crippen LogP contribution in [0.4, 0.5) is 5.13 Å². The Hall–Kier alpha value is -2.63. The minimum atomic E-state index is -1.46. The molecule has 17 heteroatoms. The van der Waals surface area contributed by atoms with Crippen LogP contribution in [-0.4, -0.2) is 78.0 Å². The Labute approximate surface area is 244 Å². The van der Waals surface area contributed by atoms with Crippen molar-refractivity contribution in [2.45, 2.75) is 16.6 Å². The Morgan fingerprint density at radius 1 is 1.38 bits per heavy atom. The molecule has 2 atom stereocenters. The summed E-state index contributed by atoms with van der Waals surface area (Å²) in [5.41, 5.74) is 6.69. The normalized spacial score (nSPS) is 19.2. The zero-order valence-electron chi connectivity index (χ0n) is 19.5. The van der Waals surface area contributed by atoms with Crippen LogP contribution in [0.15, 0.2) is 51.4 Å². The van der Waals surface area contributed by atoms with Crippen molar-refractivity contribution < 1.29 is 53.9 Å². The number of oxime groups is 1. The first kappa shape index (κ1) is 27.4. The van der Waals surface area contributed by atoms with Gasteiger partial charge in [-0.2, -0.15) is 0 Å². The van der Waals surface area contributed by atoms with E-state index in [9.17, 15) is 19.5 Å². The van der Waals surface area contributed by atoms with Crippen LogP contribution in [0.25, 0.3) is 5.65 Å². The second kappa shape index (κ2) is 11.4. The topological polar surface area (TPSA) is 180 Å². The quantitative estimate of drug-likeness (QED) is 0.0898. The number of nitrogens with one attached hydrogen (secondary N) is 1. The smallest absolute Gasteiger partial charge is 0.543 e. The molecule has 2 aliphatic heterocycles. The predicted octanol–water partition coefficient (Wildman–Crippen LogP) is -3.68. The predicted molar refractivity (Wildman–Crippen MR) is 131 cm³/mol. The maximum Gasteiger partial charge on any atom is 1.00 e. The van der Waals surface area contributed by atoms with E-state index in [0.29, 0.717) is 22.1 Å². The number of aliphatic carboxylic acids is 1. The van der Waals surface area contributed by atoms with Gasteiger partial charge in [0, 0.05) is 23.1 Å². The first-order valence-corrected chi connectivity index (χ1v) is 13.2. The number of nitrogens with zero attached hydrogens (tertiary/aromatic N) is 6. The summed E-state index contributed by atoms with van der Waals surface area (Å²) in [6, 6.07) is 4.54. The number of nitrogen functional groups attached to an aromatic ring is 1. The van der Waals surface area contributed by atoms with Gasteiger partial charge in [0.05, 0.1) is 11.7 Å². The molecule has 37 heavy (non-hydrogen) atoms. The molecule has 5 heterocycles. The number of β-lactam (4-membered cyclic amide) rings is 1. The van der Waals surface area contributed by atoms with Crippen LogP contribution in [0.1, 0.15) is 5.69 Å². The summed E-state index contributed by atoms with van der Waals surface area (Å²) < 4.78 is 1.79. The van der Waals surface area contributed by atoms with Crippen LogP contribution in [-0.2, 0) is 19.2 Å². The molecule has 0 unspecified atom stereocenters. The minimum Gasteiger partial charge on any atom is -0.543 e. The average molecular weight is 569 g/mol. The van der Waals surface area contributed by atoms with Gasteiger partial charge >= 0.3 is 29.6 Å². The van der Waals surface area contributed by atoms with Crippen molar-refractivity contribution >= 4 is 69.1 Å². The van der Waals surface area contributed by atoms with Gasteiger partial charge in [0.1, 0.15) is 24.2 Å². The molecule has 0 bridgehead atoms. The van der Waals surface area contributed by atoms with Crippen LogP contribution < -0.4 is 45.7 Å². The number of nitrogens with two attached hydrogens (primary N) is 1. The molecule has 0 spiro atoms. The maximum atomic E-state index is 13.0. The van der Waals surface area contributed by atoms with E-state index in [0.717, 1.165) is 16.2 Å². The van der Waals surface area contributed by atoms with Gasteiger partial charge in [0.25, 0.3) is 11.8 Å². The number of aromatic nitrogens is 4. The largest absolute Gasteiger partial charge is 1.00 e. The van der Waals surface area contributed by atoms with Gasteiger partial charge in [0.15, 0.2) is 21.6 Å². The molecule has 2 aliphatic rings. The second-order valence-electron chi connectivity index (χ2n) is 7.49. The van der Waals surface area contributed by atoms with Crippen LogP contribution in [0.2, 0.25) is 0 Å². The van der Waals surface area contributed by atoms with E-state index in [2.05, 4.69) is 25.7 Å². The number of thiazole rings is 1. The van der Waals surface area contributed by atoms with Crippen molar-refractivity contribution in [3.05, 3.63) is 46.7 Å². The molecule has 3 aromatic rings. The number of rotatable bonds is 8. The van der Waals surface area contributed by atoms with Crippen LogP contribution in [0.5, 0.6) is 0 Å². The van der Waals surface area contributed by atoms with Gasteiger partial charge in [0.2, 0.25) is 0 Å². The van der Waals surface area contributed by atoms with E-state index in [1.54, 1.807) is 4.40 Å². The fourth-order valence-corrected chi connectivity index (χ4v) is 6.71. The van der Waals surface area contributed by atoms with Crippen molar-refractivity contribution in [2.75, 3.05) is 24.3 Å². The van der Waals surface area contributed by atoms with E-state index in [1.807, 2.05) is 24.4 Å². The summed E-state index contributed by atoms with van der Waals surface area (Å²) in [5, 5.41) is 28.3. The van der Waals surface area contributed by atoms with E-state index >= 15 is 0 Å². The molecular formula is C20H17N8NaO5S3. The van der Waals surface area contributed by atoms with Gasteiger partial charge in [-0.25, -0.2) is 4.98 Å². The Morgan fingerprint density at radius 3 is 2.89 bits per heavy atom. The number of amides is 2. The summed E-state index contributed by atoms with van der Waals surface area (Å²) in [6.07, 6.45) is 1.81. The molecule has 0 aromatic carbocycles. The maximum absolute atomic E-state index is 13.0. The zero-order chi connectivity index (χ0) is 25.4. The van der Waals surface area contributed by atoms with Gasteiger partial charge in [-0.3, -0.25) is 18.9 Å². The minimum absolute atomic E-state index is 0. The summed E-state index contributed by atoms with van der Waals surface area (Å²) in [6.45, 7) is 0.